The monoisotopic (exact) mass is 1070 g/mol. The lowest BCUT2D eigenvalue weighted by atomic mass is 9.87. The van der Waals surface area contributed by atoms with Gasteiger partial charge < -0.3 is 93.8 Å². The number of aromatic nitrogens is 4. The van der Waals surface area contributed by atoms with Gasteiger partial charge >= 0.3 is 0 Å². The van der Waals surface area contributed by atoms with Gasteiger partial charge in [-0.2, -0.15) is 0 Å². The minimum Gasteiger partial charge on any atom is -0.790 e. The predicted molar refractivity (Wildman–Crippen MR) is 229 cm³/mol. The molecule has 33 heteroatoms. The van der Waals surface area contributed by atoms with Crippen molar-refractivity contribution >= 4 is 69.1 Å². The van der Waals surface area contributed by atoms with E-state index in [2.05, 4.69) is 43.5 Å². The van der Waals surface area contributed by atoms with E-state index in [4.69, 9.17) is 19.9 Å². The maximum absolute atomic E-state index is 12.6. The molecule has 0 bridgehead atoms. The quantitative estimate of drug-likeness (QED) is 0.0292. The van der Waals surface area contributed by atoms with E-state index in [1.165, 1.54) is 13.8 Å². The van der Waals surface area contributed by atoms with Crippen LogP contribution in [0.5, 0.6) is 0 Å². The average molecular weight is 1070 g/mol. The molecule has 9 N–H and O–H groups in total. The van der Waals surface area contributed by atoms with Crippen molar-refractivity contribution in [2.24, 2.45) is 5.41 Å². The number of carbonyl (C=O) groups excluding carboxylic acids is 3. The topological polar surface area (TPSA) is 454 Å². The molecule has 12 atom stereocenters. The summed E-state index contributed by atoms with van der Waals surface area (Å²) in [5.41, 5.74) is 4.02. The van der Waals surface area contributed by atoms with Gasteiger partial charge in [0.15, 0.2) is 29.1 Å². The number of nitrogens with one attached hydrogen (secondary N) is 2. The van der Waals surface area contributed by atoms with Gasteiger partial charge in [-0.3, -0.25) is 28.1 Å². The van der Waals surface area contributed by atoms with E-state index in [1.54, 1.807) is 6.92 Å². The van der Waals surface area contributed by atoms with Gasteiger partial charge in [0.1, 0.15) is 42.4 Å². The second kappa shape index (κ2) is 26.4. The Morgan fingerprint density at radius 2 is 1.67 bits per heavy atom. The van der Waals surface area contributed by atoms with Crippen LogP contribution in [0.3, 0.4) is 0 Å². The maximum atomic E-state index is 12.6. The normalized spacial score (nSPS) is 26.0. The van der Waals surface area contributed by atoms with Crippen molar-refractivity contribution in [1.82, 2.24) is 30.2 Å². The number of aliphatic hydroxyl groups is 5. The van der Waals surface area contributed by atoms with Crippen LogP contribution in [-0.2, 0) is 60.2 Å². The molecular formula is C36H58N7O22P3S-4. The van der Waals surface area contributed by atoms with Crippen LogP contribution in [0.4, 0.5) is 5.82 Å². The molecule has 69 heavy (non-hydrogen) atoms. The van der Waals surface area contributed by atoms with E-state index in [-0.39, 0.29) is 60.2 Å². The number of nitrogens with two attached hydrogens (primary N) is 1. The summed E-state index contributed by atoms with van der Waals surface area (Å²) in [6, 6.07) is 0. The average Bonchev–Trinajstić information content (AvgIpc) is 3.81. The third-order valence-corrected chi connectivity index (χ3v) is 14.5. The van der Waals surface area contributed by atoms with E-state index in [0.29, 0.717) is 25.9 Å². The summed E-state index contributed by atoms with van der Waals surface area (Å²) < 4.78 is 71.8. The second-order valence-corrected chi connectivity index (χ2v) is 21.9. The number of anilines is 1. The van der Waals surface area contributed by atoms with Crippen LogP contribution in [-0.4, -0.2) is 156 Å². The molecule has 0 aromatic carbocycles. The number of nitrogen functional groups attached to an aromatic ring is 1. The van der Waals surface area contributed by atoms with Crippen LogP contribution in [0.15, 0.2) is 12.7 Å². The molecule has 2 aliphatic rings. The molecule has 394 valence electrons. The number of phosphoric acid groups is 3. The third kappa shape index (κ3) is 19.1. The van der Waals surface area contributed by atoms with Gasteiger partial charge in [0.25, 0.3) is 15.6 Å². The Hall–Kier alpha value is -2.64. The van der Waals surface area contributed by atoms with Crippen molar-refractivity contribution in [1.29, 1.82) is 0 Å². The summed E-state index contributed by atoms with van der Waals surface area (Å²) in [5, 5.41) is 56.0. The first-order valence-corrected chi connectivity index (χ1v) is 26.8. The van der Waals surface area contributed by atoms with Gasteiger partial charge in [0, 0.05) is 50.1 Å². The maximum Gasteiger partial charge on any atom is 0.274 e. The number of thioether (sulfide) groups is 1. The van der Waals surface area contributed by atoms with E-state index in [1.807, 2.05) is 0 Å². The Balaban J connectivity index is 1.09. The summed E-state index contributed by atoms with van der Waals surface area (Å²) >= 11 is 0.927. The fourth-order valence-corrected chi connectivity index (χ4v) is 10.2. The highest BCUT2D eigenvalue weighted by atomic mass is 32.2. The molecule has 0 spiro atoms. The van der Waals surface area contributed by atoms with Crippen molar-refractivity contribution in [3.05, 3.63) is 12.7 Å². The van der Waals surface area contributed by atoms with Crippen molar-refractivity contribution < 1.29 is 105 Å². The number of hydrogen-bond donors (Lipinski definition) is 8. The lowest BCUT2D eigenvalue weighted by Crippen LogP contribution is -2.47. The highest BCUT2D eigenvalue weighted by Crippen LogP contribution is 2.56. The smallest absolute Gasteiger partial charge is 0.274 e. The van der Waals surface area contributed by atoms with Crippen LogP contribution < -0.4 is 35.9 Å². The number of fused-ring (bicyclic) bond motifs is 1. The molecule has 29 nitrogen and oxygen atoms in total. The molecule has 4 rings (SSSR count). The SMILES string of the molecule is C[C@@H]1O[C@@H](OCCCCCC[C@@H](O)CC(=O)SCCNC(=O)CCNC(=O)[C@H](O)C(C)(C)COP(=O)([O-])OP(=O)([O-])OC[C@H]2O[C@@H](n3cnc4c(N)ncnc43)[C@H](O)[C@@H]2OP(=O)([O-])[O-])[C@H](O)C[C@H]1O. The molecule has 2 amide bonds. The molecule has 0 saturated carbocycles. The van der Waals surface area contributed by atoms with Gasteiger partial charge in [-0.1, -0.05) is 44.9 Å². The highest BCUT2D eigenvalue weighted by molar-refractivity contribution is 8.13. The molecular weight excluding hydrogens is 1010 g/mol. The first kappa shape index (κ1) is 58.9. The molecule has 2 saturated heterocycles. The first-order valence-electron chi connectivity index (χ1n) is 21.5. The van der Waals surface area contributed by atoms with Gasteiger partial charge in [0.05, 0.1) is 45.7 Å². The van der Waals surface area contributed by atoms with Gasteiger partial charge in [-0.25, -0.2) is 19.3 Å². The van der Waals surface area contributed by atoms with Crippen LogP contribution >= 0.6 is 35.2 Å². The Morgan fingerprint density at radius 3 is 2.38 bits per heavy atom. The van der Waals surface area contributed by atoms with E-state index >= 15 is 0 Å². The van der Waals surface area contributed by atoms with Gasteiger partial charge in [-0.05, 0) is 19.8 Å². The number of imidazole rings is 1. The predicted octanol–water partition coefficient (Wildman–Crippen LogP) is -3.29. The van der Waals surface area contributed by atoms with Gasteiger partial charge in [0.2, 0.25) is 11.8 Å². The Bertz CT molecular complexity index is 2160. The zero-order valence-corrected chi connectivity index (χ0v) is 41.1. The molecule has 0 radical (unpaired) electrons. The Kier molecular flexibility index (Phi) is 22.5. The van der Waals surface area contributed by atoms with Crippen LogP contribution in [0.1, 0.15) is 78.4 Å². The number of ether oxygens (including phenoxy) is 3. The van der Waals surface area contributed by atoms with Crippen molar-refractivity contribution in [2.45, 2.75) is 133 Å². The Labute approximate surface area is 399 Å². The molecule has 2 aromatic heterocycles. The molecule has 4 heterocycles. The number of amides is 2. The molecule has 2 aromatic rings. The zero-order valence-electron chi connectivity index (χ0n) is 37.6. The second-order valence-electron chi connectivity index (χ2n) is 16.7. The lowest BCUT2D eigenvalue weighted by molar-refractivity contribution is -0.347. The molecule has 2 unspecified atom stereocenters. The lowest BCUT2D eigenvalue weighted by Gasteiger charge is -2.36. The minimum atomic E-state index is -5.95. The highest BCUT2D eigenvalue weighted by Gasteiger charge is 2.47. The van der Waals surface area contributed by atoms with Crippen LogP contribution in [0.25, 0.3) is 11.2 Å². The largest absolute Gasteiger partial charge is 0.790 e. The Morgan fingerprint density at radius 1 is 0.971 bits per heavy atom. The van der Waals surface area contributed by atoms with Crippen molar-refractivity contribution in [3.8, 4) is 0 Å². The number of unbranched alkanes of at least 4 members (excludes halogenated alkanes) is 3. The summed E-state index contributed by atoms with van der Waals surface area (Å²) in [5.74, 6) is -1.45. The summed E-state index contributed by atoms with van der Waals surface area (Å²) in [7, 11) is -17.7. The van der Waals surface area contributed by atoms with Crippen molar-refractivity contribution in [3.63, 3.8) is 0 Å². The van der Waals surface area contributed by atoms with Crippen LogP contribution in [0, 0.1) is 5.41 Å². The van der Waals surface area contributed by atoms with Crippen molar-refractivity contribution in [2.75, 3.05) is 44.4 Å². The number of rotatable bonds is 29. The summed E-state index contributed by atoms with van der Waals surface area (Å²) in [4.78, 5) is 96.9. The minimum absolute atomic E-state index is 0.0320. The standard InChI is InChI=1S/C36H62N7O22P3S/c1-20-22(45)15-23(46)35(62-20)59-12-7-5-4-6-8-21(44)14-26(48)69-13-11-38-25(47)9-10-39-33(51)30(50)36(2,3)17-61-68(57,58)65-67(55,56)60-16-24-29(64-66(52,53)54)28(49)34(63-24)43-19-42-27-31(37)40-18-41-32(27)43/h18-24,28-30,34-35,44-46,49-50H,4-17H2,1-3H3,(H,38,47)(H,39,51)(H,55,56)(H,57,58)(H2,37,40,41)(H2,52,53,54)/p-4/t20-,21+,22+,23+,24+,28+,29+,30-,34+,35+/m0/s1. The third-order valence-electron chi connectivity index (χ3n) is 10.5. The van der Waals surface area contributed by atoms with E-state index in [0.717, 1.165) is 41.8 Å². The first-order chi connectivity index (χ1) is 32.2. The molecule has 2 aliphatic heterocycles. The van der Waals surface area contributed by atoms with E-state index < -0.39 is 115 Å². The zero-order chi connectivity index (χ0) is 51.3. The number of carbonyl (C=O) groups is 3. The molecule has 2 fully saturated rings. The number of aliphatic hydroxyl groups excluding tert-OH is 5. The number of hydrogen-bond acceptors (Lipinski definition) is 27. The number of nitrogens with zero attached hydrogens (tertiary/aromatic N) is 4. The fourth-order valence-electron chi connectivity index (χ4n) is 6.75. The summed E-state index contributed by atoms with van der Waals surface area (Å²) in [6.45, 7) is 1.92. The van der Waals surface area contributed by atoms with Crippen LogP contribution in [0.2, 0.25) is 0 Å². The fraction of sp³-hybridized carbons (Fsp3) is 0.778. The van der Waals surface area contributed by atoms with E-state index in [9.17, 15) is 73.2 Å². The van der Waals surface area contributed by atoms with Gasteiger partial charge in [-0.15, -0.1) is 0 Å². The summed E-state index contributed by atoms with van der Waals surface area (Å²) in [6.07, 6.45) is -7.98. The molecule has 0 aliphatic carbocycles. The number of phosphoric ester groups is 3.